The molecule has 0 saturated carbocycles. The van der Waals surface area contributed by atoms with Gasteiger partial charge in [0.05, 0.1) is 12.1 Å². The van der Waals surface area contributed by atoms with Crippen LogP contribution >= 0.6 is 11.6 Å². The largest absolute Gasteiger partial charge is 0.495 e. The molecule has 0 radical (unpaired) electrons. The van der Waals surface area contributed by atoms with Gasteiger partial charge in [-0.05, 0) is 42.2 Å². The molecule has 2 aromatic rings. The first-order valence-electron chi connectivity index (χ1n) is 8.08. The van der Waals surface area contributed by atoms with E-state index in [9.17, 15) is 4.79 Å². The summed E-state index contributed by atoms with van der Waals surface area (Å²) in [4.78, 5) is 12.2. The summed E-state index contributed by atoms with van der Waals surface area (Å²) >= 11 is 6.06. The Kier molecular flexibility index (Phi) is 5.96. The Morgan fingerprint density at radius 2 is 1.80 bits per heavy atom. The summed E-state index contributed by atoms with van der Waals surface area (Å²) in [7, 11) is 1.54. The van der Waals surface area contributed by atoms with Crippen LogP contribution in [0.15, 0.2) is 36.4 Å². The van der Waals surface area contributed by atoms with Gasteiger partial charge in [-0.1, -0.05) is 50.1 Å². The fourth-order valence-corrected chi connectivity index (χ4v) is 2.70. The number of hydrogen-bond acceptors (Lipinski definition) is 3. The number of methoxy groups -OCH3 is 1. The van der Waals surface area contributed by atoms with E-state index in [0.29, 0.717) is 16.5 Å². The topological polar surface area (TPSA) is 47.6 Å². The Hall–Kier alpha value is -2.20. The summed E-state index contributed by atoms with van der Waals surface area (Å²) in [5.41, 5.74) is 2.77. The predicted octanol–water partition coefficient (Wildman–Crippen LogP) is 4.97. The number of aryl methyl sites for hydroxylation is 1. The fraction of sp³-hybridized carbons (Fsp3) is 0.350. The molecule has 0 atom stereocenters. The van der Waals surface area contributed by atoms with Gasteiger partial charge in [-0.2, -0.15) is 0 Å². The maximum absolute atomic E-state index is 12.2. The molecule has 1 amide bonds. The summed E-state index contributed by atoms with van der Waals surface area (Å²) in [5, 5.41) is 3.21. The summed E-state index contributed by atoms with van der Waals surface area (Å²) in [6, 6.07) is 11.1. The number of rotatable bonds is 5. The Morgan fingerprint density at radius 1 is 1.12 bits per heavy atom. The van der Waals surface area contributed by atoms with Crippen LogP contribution in [0.3, 0.4) is 0 Å². The van der Waals surface area contributed by atoms with Crippen molar-refractivity contribution in [1.82, 2.24) is 0 Å². The predicted molar refractivity (Wildman–Crippen MR) is 102 cm³/mol. The molecule has 0 fully saturated rings. The third-order valence-corrected chi connectivity index (χ3v) is 4.03. The van der Waals surface area contributed by atoms with Gasteiger partial charge in [0, 0.05) is 5.69 Å². The molecule has 0 unspecified atom stereocenters. The van der Waals surface area contributed by atoms with Crippen molar-refractivity contribution in [3.05, 3.63) is 52.5 Å². The van der Waals surface area contributed by atoms with Crippen molar-refractivity contribution >= 4 is 23.2 Å². The average Bonchev–Trinajstić information content (AvgIpc) is 2.53. The third-order valence-electron chi connectivity index (χ3n) is 3.74. The first-order chi connectivity index (χ1) is 11.7. The van der Waals surface area contributed by atoms with Crippen molar-refractivity contribution in [3.63, 3.8) is 0 Å². The summed E-state index contributed by atoms with van der Waals surface area (Å²) < 4.78 is 10.9. The second-order valence-electron chi connectivity index (χ2n) is 6.94. The van der Waals surface area contributed by atoms with Crippen LogP contribution in [-0.4, -0.2) is 19.6 Å². The fourth-order valence-electron chi connectivity index (χ4n) is 2.44. The van der Waals surface area contributed by atoms with Crippen molar-refractivity contribution in [2.75, 3.05) is 19.0 Å². The first kappa shape index (κ1) is 19.1. The van der Waals surface area contributed by atoms with E-state index in [-0.39, 0.29) is 17.9 Å². The zero-order valence-corrected chi connectivity index (χ0v) is 16.0. The first-order valence-corrected chi connectivity index (χ1v) is 8.46. The van der Waals surface area contributed by atoms with E-state index in [1.54, 1.807) is 25.3 Å². The summed E-state index contributed by atoms with van der Waals surface area (Å²) in [6.07, 6.45) is 0. The quantitative estimate of drug-likeness (QED) is 0.817. The molecule has 4 nitrogen and oxygen atoms in total. The number of carbonyl (C=O) groups is 1. The van der Waals surface area contributed by atoms with E-state index in [0.717, 1.165) is 16.9 Å². The molecule has 0 bridgehead atoms. The summed E-state index contributed by atoms with van der Waals surface area (Å²) in [5.74, 6) is 1.04. The average molecular weight is 362 g/mol. The molecule has 0 heterocycles. The van der Waals surface area contributed by atoms with E-state index in [2.05, 4.69) is 32.2 Å². The number of anilines is 1. The van der Waals surface area contributed by atoms with Gasteiger partial charge in [-0.25, -0.2) is 0 Å². The maximum Gasteiger partial charge on any atom is 0.262 e. The van der Waals surface area contributed by atoms with Crippen LogP contribution in [0, 0.1) is 6.92 Å². The molecule has 5 heteroatoms. The van der Waals surface area contributed by atoms with Crippen LogP contribution in [0.4, 0.5) is 5.69 Å². The van der Waals surface area contributed by atoms with Crippen molar-refractivity contribution in [2.45, 2.75) is 33.1 Å². The highest BCUT2D eigenvalue weighted by Crippen LogP contribution is 2.32. The lowest BCUT2D eigenvalue weighted by Crippen LogP contribution is -2.22. The lowest BCUT2D eigenvalue weighted by molar-refractivity contribution is -0.118. The van der Waals surface area contributed by atoms with E-state index < -0.39 is 0 Å². The number of carbonyl (C=O) groups excluding carboxylic acids is 1. The minimum Gasteiger partial charge on any atom is -0.495 e. The lowest BCUT2D eigenvalue weighted by Gasteiger charge is -2.23. The number of amides is 1. The van der Waals surface area contributed by atoms with Crippen LogP contribution in [0.1, 0.15) is 31.9 Å². The molecule has 2 aromatic carbocycles. The van der Waals surface area contributed by atoms with Gasteiger partial charge in [-0.15, -0.1) is 0 Å². The normalized spacial score (nSPS) is 11.1. The van der Waals surface area contributed by atoms with Crippen LogP contribution in [-0.2, 0) is 10.2 Å². The molecule has 0 aromatic heterocycles. The van der Waals surface area contributed by atoms with Crippen molar-refractivity contribution in [2.24, 2.45) is 0 Å². The van der Waals surface area contributed by atoms with Gasteiger partial charge in [0.15, 0.2) is 6.61 Å². The number of nitrogens with one attached hydrogen (secondary N) is 1. The number of benzene rings is 2. The highest BCUT2D eigenvalue weighted by atomic mass is 35.5. The second kappa shape index (κ2) is 7.79. The molecule has 0 aliphatic heterocycles. The Morgan fingerprint density at radius 3 is 2.40 bits per heavy atom. The monoisotopic (exact) mass is 361 g/mol. The van der Waals surface area contributed by atoms with Gasteiger partial charge in [0.1, 0.15) is 11.5 Å². The SMILES string of the molecule is COc1ccc(NC(=O)COc2ccc(C)cc2C(C)(C)C)cc1Cl. The van der Waals surface area contributed by atoms with E-state index in [4.69, 9.17) is 21.1 Å². The lowest BCUT2D eigenvalue weighted by atomic mass is 9.85. The van der Waals surface area contributed by atoms with Crippen LogP contribution in [0.2, 0.25) is 5.02 Å². The van der Waals surface area contributed by atoms with Gasteiger partial charge in [-0.3, -0.25) is 4.79 Å². The molecule has 0 spiro atoms. The zero-order chi connectivity index (χ0) is 18.6. The Labute approximate surface area is 154 Å². The molecule has 134 valence electrons. The number of hydrogen-bond donors (Lipinski definition) is 1. The number of ether oxygens (including phenoxy) is 2. The second-order valence-corrected chi connectivity index (χ2v) is 7.34. The molecule has 0 saturated heterocycles. The molecular weight excluding hydrogens is 338 g/mol. The van der Waals surface area contributed by atoms with Gasteiger partial charge < -0.3 is 14.8 Å². The minimum atomic E-state index is -0.248. The summed E-state index contributed by atoms with van der Waals surface area (Å²) in [6.45, 7) is 8.32. The maximum atomic E-state index is 12.2. The van der Waals surface area contributed by atoms with E-state index >= 15 is 0 Å². The smallest absolute Gasteiger partial charge is 0.262 e. The van der Waals surface area contributed by atoms with Crippen LogP contribution in [0.5, 0.6) is 11.5 Å². The standard InChI is InChI=1S/C20H24ClNO3/c1-13-6-8-17(15(10-13)20(2,3)4)25-12-19(23)22-14-7-9-18(24-5)16(21)11-14/h6-11H,12H2,1-5H3,(H,22,23). The van der Waals surface area contributed by atoms with Crippen LogP contribution in [0.25, 0.3) is 0 Å². The molecule has 2 rings (SSSR count). The minimum absolute atomic E-state index is 0.0681. The molecule has 0 aliphatic carbocycles. The molecule has 0 aliphatic rings. The van der Waals surface area contributed by atoms with Crippen molar-refractivity contribution in [3.8, 4) is 11.5 Å². The van der Waals surface area contributed by atoms with Gasteiger partial charge in [0.25, 0.3) is 5.91 Å². The van der Waals surface area contributed by atoms with Gasteiger partial charge in [0.2, 0.25) is 0 Å². The number of halogens is 1. The highest BCUT2D eigenvalue weighted by Gasteiger charge is 2.19. The van der Waals surface area contributed by atoms with Crippen LogP contribution < -0.4 is 14.8 Å². The van der Waals surface area contributed by atoms with Crippen molar-refractivity contribution < 1.29 is 14.3 Å². The molecule has 1 N–H and O–H groups in total. The Bertz CT molecular complexity index is 766. The van der Waals surface area contributed by atoms with Crippen molar-refractivity contribution in [1.29, 1.82) is 0 Å². The van der Waals surface area contributed by atoms with E-state index in [1.165, 1.54) is 0 Å². The zero-order valence-electron chi connectivity index (χ0n) is 15.3. The Balaban J connectivity index is 2.04. The van der Waals surface area contributed by atoms with Gasteiger partial charge >= 0.3 is 0 Å². The molecule has 25 heavy (non-hydrogen) atoms. The molecular formula is C20H24ClNO3. The van der Waals surface area contributed by atoms with E-state index in [1.807, 2.05) is 19.1 Å². The highest BCUT2D eigenvalue weighted by molar-refractivity contribution is 6.32. The third kappa shape index (κ3) is 5.13.